The van der Waals surface area contributed by atoms with E-state index in [4.69, 9.17) is 4.74 Å². The Balaban J connectivity index is 1.47. The summed E-state index contributed by atoms with van der Waals surface area (Å²) in [4.78, 5) is 27.2. The average molecular weight is 396 g/mol. The molecule has 2 heterocycles. The molecule has 7 nitrogen and oxygen atoms in total. The minimum Gasteiger partial charge on any atom is -0.482 e. The van der Waals surface area contributed by atoms with E-state index in [0.717, 1.165) is 24.8 Å². The van der Waals surface area contributed by atoms with E-state index in [2.05, 4.69) is 16.7 Å². The highest BCUT2D eigenvalue weighted by Crippen LogP contribution is 2.38. The summed E-state index contributed by atoms with van der Waals surface area (Å²) in [6.45, 7) is 1.79. The molecule has 0 saturated heterocycles. The molecule has 0 fully saturated rings. The quantitative estimate of drug-likeness (QED) is 0.829. The molecule has 1 aromatic carbocycles. The minimum atomic E-state index is -0.521. The number of hydrogen-bond acceptors (Lipinski definition) is 6. The third kappa shape index (κ3) is 3.18. The Kier molecular flexibility index (Phi) is 4.69. The lowest BCUT2D eigenvalue weighted by Gasteiger charge is -2.26. The van der Waals surface area contributed by atoms with Crippen LogP contribution in [0.3, 0.4) is 0 Å². The summed E-state index contributed by atoms with van der Waals surface area (Å²) in [6.07, 6.45) is 2.95. The van der Waals surface area contributed by atoms with Gasteiger partial charge in [0.2, 0.25) is 5.91 Å². The Morgan fingerprint density at radius 3 is 3.00 bits per heavy atom. The number of anilines is 3. The second-order valence-electron chi connectivity index (χ2n) is 6.95. The molecule has 1 atom stereocenters. The van der Waals surface area contributed by atoms with E-state index >= 15 is 0 Å². The molecular weight excluding hydrogens is 376 g/mol. The molecular formula is C20H20N4O3S. The summed E-state index contributed by atoms with van der Waals surface area (Å²) in [7, 11) is 1.70. The van der Waals surface area contributed by atoms with Crippen molar-refractivity contribution in [3.8, 4) is 11.8 Å². The zero-order valence-electron chi connectivity index (χ0n) is 15.7. The molecule has 2 N–H and O–H groups in total. The molecule has 0 saturated carbocycles. The molecule has 1 aliphatic heterocycles. The van der Waals surface area contributed by atoms with Gasteiger partial charge in [0, 0.05) is 17.6 Å². The van der Waals surface area contributed by atoms with Crippen LogP contribution in [0.2, 0.25) is 0 Å². The zero-order chi connectivity index (χ0) is 19.8. The molecule has 0 bridgehead atoms. The third-order valence-corrected chi connectivity index (χ3v) is 6.30. The van der Waals surface area contributed by atoms with Crippen LogP contribution in [-0.4, -0.2) is 31.5 Å². The van der Waals surface area contributed by atoms with Gasteiger partial charge >= 0.3 is 0 Å². The molecule has 0 radical (unpaired) electrons. The van der Waals surface area contributed by atoms with Crippen molar-refractivity contribution < 1.29 is 14.3 Å². The van der Waals surface area contributed by atoms with Gasteiger partial charge in [0.15, 0.2) is 6.61 Å². The third-order valence-electron chi connectivity index (χ3n) is 5.09. The predicted octanol–water partition coefficient (Wildman–Crippen LogP) is 2.90. The maximum atomic E-state index is 12.7. The Hall–Kier alpha value is -3.05. The maximum absolute atomic E-state index is 12.7. The lowest BCUT2D eigenvalue weighted by Crippen LogP contribution is -2.35. The molecule has 8 heteroatoms. The number of hydrogen-bond donors (Lipinski definition) is 2. The SMILES string of the molecule is C[C@@H](Nc1ccc2c(c1)N(C)C(=O)CO2)C(=O)Nc1sc2c(c1C#N)CCC2. The number of nitrogens with one attached hydrogen (secondary N) is 2. The van der Waals surface area contributed by atoms with Gasteiger partial charge in [-0.15, -0.1) is 11.3 Å². The summed E-state index contributed by atoms with van der Waals surface area (Å²) in [5, 5.41) is 16.1. The van der Waals surface area contributed by atoms with Crippen molar-refractivity contribution in [2.75, 3.05) is 29.2 Å². The first-order chi connectivity index (χ1) is 13.5. The molecule has 2 aromatic rings. The van der Waals surface area contributed by atoms with Crippen molar-refractivity contribution in [3.05, 3.63) is 34.2 Å². The number of likely N-dealkylation sites (N-methyl/N-ethyl adjacent to an activating group) is 1. The Morgan fingerprint density at radius 1 is 1.39 bits per heavy atom. The molecule has 0 spiro atoms. The fourth-order valence-electron chi connectivity index (χ4n) is 3.51. The smallest absolute Gasteiger partial charge is 0.264 e. The Morgan fingerprint density at radius 2 is 2.21 bits per heavy atom. The van der Waals surface area contributed by atoms with E-state index in [1.165, 1.54) is 16.2 Å². The van der Waals surface area contributed by atoms with E-state index in [9.17, 15) is 14.9 Å². The van der Waals surface area contributed by atoms with Gasteiger partial charge in [-0.1, -0.05) is 0 Å². The van der Waals surface area contributed by atoms with Crippen molar-refractivity contribution in [3.63, 3.8) is 0 Å². The van der Waals surface area contributed by atoms with Crippen LogP contribution in [-0.2, 0) is 22.4 Å². The van der Waals surface area contributed by atoms with Crippen LogP contribution in [0.25, 0.3) is 0 Å². The van der Waals surface area contributed by atoms with Crippen molar-refractivity contribution in [1.29, 1.82) is 5.26 Å². The van der Waals surface area contributed by atoms with Crippen molar-refractivity contribution in [2.24, 2.45) is 0 Å². The average Bonchev–Trinajstić information content (AvgIpc) is 3.25. The van der Waals surface area contributed by atoms with Crippen LogP contribution in [0.5, 0.6) is 5.75 Å². The zero-order valence-corrected chi connectivity index (χ0v) is 16.5. The first-order valence-corrected chi connectivity index (χ1v) is 9.95. The number of benzene rings is 1. The largest absolute Gasteiger partial charge is 0.482 e. The van der Waals surface area contributed by atoms with Gasteiger partial charge in [0.25, 0.3) is 5.91 Å². The monoisotopic (exact) mass is 396 g/mol. The van der Waals surface area contributed by atoms with Gasteiger partial charge < -0.3 is 20.3 Å². The fraction of sp³-hybridized carbons (Fsp3) is 0.350. The van der Waals surface area contributed by atoms with Gasteiger partial charge in [-0.3, -0.25) is 9.59 Å². The van der Waals surface area contributed by atoms with E-state index < -0.39 is 6.04 Å². The molecule has 144 valence electrons. The van der Waals surface area contributed by atoms with Crippen LogP contribution in [0.1, 0.15) is 29.3 Å². The van der Waals surface area contributed by atoms with Gasteiger partial charge in [-0.2, -0.15) is 5.26 Å². The van der Waals surface area contributed by atoms with Crippen LogP contribution < -0.4 is 20.3 Å². The molecule has 2 amide bonds. The summed E-state index contributed by atoms with van der Waals surface area (Å²) < 4.78 is 5.42. The standard InChI is InChI=1S/C20H20N4O3S/c1-11(19(26)23-20-14(9-21)13-4-3-5-17(13)28-20)22-12-6-7-16-15(8-12)24(2)18(25)10-27-16/h6-8,11,22H,3-5,10H2,1-2H3,(H,23,26)/t11-/m1/s1. The van der Waals surface area contributed by atoms with Crippen molar-refractivity contribution in [1.82, 2.24) is 0 Å². The van der Waals surface area contributed by atoms with E-state index in [0.29, 0.717) is 27.7 Å². The van der Waals surface area contributed by atoms with Crippen LogP contribution >= 0.6 is 11.3 Å². The summed E-state index contributed by atoms with van der Waals surface area (Å²) in [6, 6.07) is 7.10. The molecule has 2 aliphatic rings. The minimum absolute atomic E-state index is 0.0289. The highest BCUT2D eigenvalue weighted by molar-refractivity contribution is 7.16. The van der Waals surface area contributed by atoms with Gasteiger partial charge in [-0.05, 0) is 49.9 Å². The second-order valence-corrected chi connectivity index (χ2v) is 8.06. The first kappa shape index (κ1) is 18.3. The molecule has 1 aromatic heterocycles. The lowest BCUT2D eigenvalue weighted by atomic mass is 10.1. The topological polar surface area (TPSA) is 94.5 Å². The highest BCUT2D eigenvalue weighted by Gasteiger charge is 2.25. The number of ether oxygens (including phenoxy) is 1. The number of thiophene rings is 1. The number of rotatable bonds is 4. The number of amides is 2. The van der Waals surface area contributed by atoms with Crippen LogP contribution in [0.4, 0.5) is 16.4 Å². The molecule has 0 unspecified atom stereocenters. The normalized spacial score (nSPS) is 15.9. The van der Waals surface area contributed by atoms with Gasteiger partial charge in [-0.25, -0.2) is 0 Å². The summed E-state index contributed by atoms with van der Waals surface area (Å²) >= 11 is 1.50. The number of carbonyl (C=O) groups is 2. The van der Waals surface area contributed by atoms with E-state index in [1.54, 1.807) is 31.0 Å². The predicted molar refractivity (Wildman–Crippen MR) is 108 cm³/mol. The van der Waals surface area contributed by atoms with Gasteiger partial charge in [0.05, 0.1) is 11.3 Å². The second kappa shape index (κ2) is 7.17. The Bertz CT molecular complexity index is 1010. The summed E-state index contributed by atoms with van der Waals surface area (Å²) in [5.41, 5.74) is 3.06. The molecule has 1 aliphatic carbocycles. The number of aryl methyl sites for hydroxylation is 1. The van der Waals surface area contributed by atoms with E-state index in [1.807, 2.05) is 6.07 Å². The Labute approximate surface area is 166 Å². The van der Waals surface area contributed by atoms with Gasteiger partial charge in [0.1, 0.15) is 22.9 Å². The number of nitrogens with zero attached hydrogens (tertiary/aromatic N) is 2. The molecule has 28 heavy (non-hydrogen) atoms. The number of fused-ring (bicyclic) bond motifs is 2. The van der Waals surface area contributed by atoms with Crippen LogP contribution in [0, 0.1) is 11.3 Å². The first-order valence-electron chi connectivity index (χ1n) is 9.13. The maximum Gasteiger partial charge on any atom is 0.264 e. The van der Waals surface area contributed by atoms with E-state index in [-0.39, 0.29) is 18.4 Å². The van der Waals surface area contributed by atoms with Crippen LogP contribution in [0.15, 0.2) is 18.2 Å². The fourth-order valence-corrected chi connectivity index (χ4v) is 4.75. The van der Waals surface area contributed by atoms with Crippen molar-refractivity contribution >= 4 is 39.5 Å². The van der Waals surface area contributed by atoms with Crippen molar-refractivity contribution in [2.45, 2.75) is 32.2 Å². The number of carbonyl (C=O) groups excluding carboxylic acids is 2. The lowest BCUT2D eigenvalue weighted by molar-refractivity contribution is -0.121. The number of nitriles is 1. The highest BCUT2D eigenvalue weighted by atomic mass is 32.1. The molecule has 4 rings (SSSR count). The summed E-state index contributed by atoms with van der Waals surface area (Å²) in [5.74, 6) is 0.302.